The normalized spacial score (nSPS) is 32.2. The maximum Gasteiger partial charge on any atom is 0.0683 e. The molecule has 0 bridgehead atoms. The van der Waals surface area contributed by atoms with Crippen LogP contribution in [-0.2, 0) is 4.74 Å². The Morgan fingerprint density at radius 1 is 0.750 bits per heavy atom. The predicted molar refractivity (Wildman–Crippen MR) is 80.8 cm³/mol. The van der Waals surface area contributed by atoms with Gasteiger partial charge in [0.15, 0.2) is 0 Å². The van der Waals surface area contributed by atoms with Crippen molar-refractivity contribution in [2.24, 2.45) is 5.92 Å². The third kappa shape index (κ3) is 1.89. The number of hydrogen-bond acceptors (Lipinski definition) is 1. The molecule has 0 aromatic heterocycles. The van der Waals surface area contributed by atoms with E-state index in [9.17, 15) is 0 Å². The SMILES string of the molecule is c1ccc([C@@H]2[C@@H]3CCCO[C@@H]3[C@H]2c2ccccc2)cc1. The van der Waals surface area contributed by atoms with E-state index in [2.05, 4.69) is 60.7 Å². The summed E-state index contributed by atoms with van der Waals surface area (Å²) in [6.45, 7) is 0.937. The molecule has 1 aliphatic heterocycles. The van der Waals surface area contributed by atoms with Crippen molar-refractivity contribution in [1.82, 2.24) is 0 Å². The highest BCUT2D eigenvalue weighted by atomic mass is 16.5. The highest BCUT2D eigenvalue weighted by Crippen LogP contribution is 2.57. The summed E-state index contributed by atoms with van der Waals surface area (Å²) in [5.74, 6) is 1.86. The van der Waals surface area contributed by atoms with Crippen LogP contribution in [0.15, 0.2) is 60.7 Å². The standard InChI is InChI=1S/C19H20O/c1-3-8-14(9-4-1)17-16-12-7-13-20-19(16)18(17)15-10-5-2-6-11-15/h1-6,8-11,16-19H,7,12-13H2/t16-,17+,18-,19-/m0/s1. The molecule has 4 rings (SSSR count). The smallest absolute Gasteiger partial charge is 0.0683 e. The van der Waals surface area contributed by atoms with Crippen molar-refractivity contribution < 1.29 is 4.74 Å². The molecule has 2 aromatic carbocycles. The Kier molecular flexibility index (Phi) is 3.08. The lowest BCUT2D eigenvalue weighted by Crippen LogP contribution is -2.51. The van der Waals surface area contributed by atoms with Gasteiger partial charge in [0.1, 0.15) is 0 Å². The van der Waals surface area contributed by atoms with Crippen molar-refractivity contribution in [1.29, 1.82) is 0 Å². The molecule has 0 amide bonds. The van der Waals surface area contributed by atoms with Gasteiger partial charge in [-0.25, -0.2) is 0 Å². The van der Waals surface area contributed by atoms with Gasteiger partial charge in [-0.15, -0.1) is 0 Å². The molecule has 102 valence electrons. The van der Waals surface area contributed by atoms with Crippen LogP contribution in [0.4, 0.5) is 0 Å². The minimum Gasteiger partial charge on any atom is -0.377 e. The molecule has 0 spiro atoms. The maximum atomic E-state index is 6.10. The van der Waals surface area contributed by atoms with Gasteiger partial charge in [0.05, 0.1) is 6.10 Å². The van der Waals surface area contributed by atoms with Gasteiger partial charge < -0.3 is 4.74 Å². The number of benzene rings is 2. The highest BCUT2D eigenvalue weighted by molar-refractivity contribution is 5.36. The molecular formula is C19H20O. The quantitative estimate of drug-likeness (QED) is 0.783. The first-order valence-electron chi connectivity index (χ1n) is 7.66. The predicted octanol–water partition coefficient (Wildman–Crippen LogP) is 4.36. The summed E-state index contributed by atoms with van der Waals surface area (Å²) >= 11 is 0. The molecule has 0 unspecified atom stereocenters. The van der Waals surface area contributed by atoms with Gasteiger partial charge in [-0.3, -0.25) is 0 Å². The second-order valence-electron chi connectivity index (χ2n) is 6.01. The Balaban J connectivity index is 1.71. The van der Waals surface area contributed by atoms with E-state index in [1.165, 1.54) is 24.0 Å². The van der Waals surface area contributed by atoms with Crippen LogP contribution >= 0.6 is 0 Å². The van der Waals surface area contributed by atoms with E-state index in [1.54, 1.807) is 0 Å². The summed E-state index contributed by atoms with van der Waals surface area (Å²) in [5.41, 5.74) is 2.91. The Labute approximate surface area is 120 Å². The molecule has 2 fully saturated rings. The minimum atomic E-state index is 0.427. The van der Waals surface area contributed by atoms with E-state index in [0.29, 0.717) is 23.9 Å². The highest BCUT2D eigenvalue weighted by Gasteiger charge is 2.52. The second-order valence-corrected chi connectivity index (χ2v) is 6.01. The van der Waals surface area contributed by atoms with E-state index >= 15 is 0 Å². The Morgan fingerprint density at radius 2 is 1.35 bits per heavy atom. The van der Waals surface area contributed by atoms with Crippen molar-refractivity contribution in [3.05, 3.63) is 71.8 Å². The fourth-order valence-corrected chi connectivity index (χ4v) is 4.11. The molecule has 1 saturated heterocycles. The number of fused-ring (bicyclic) bond motifs is 1. The third-order valence-corrected chi connectivity index (χ3v) is 4.99. The molecule has 1 heterocycles. The van der Waals surface area contributed by atoms with Crippen LogP contribution < -0.4 is 0 Å². The summed E-state index contributed by atoms with van der Waals surface area (Å²) in [4.78, 5) is 0. The summed E-state index contributed by atoms with van der Waals surface area (Å²) in [5, 5.41) is 0. The summed E-state index contributed by atoms with van der Waals surface area (Å²) in [7, 11) is 0. The first-order chi connectivity index (χ1) is 9.95. The van der Waals surface area contributed by atoms with Crippen molar-refractivity contribution in [2.45, 2.75) is 30.8 Å². The largest absolute Gasteiger partial charge is 0.377 e. The first kappa shape index (κ1) is 12.2. The molecule has 20 heavy (non-hydrogen) atoms. The molecule has 1 saturated carbocycles. The number of ether oxygens (including phenoxy) is 1. The van der Waals surface area contributed by atoms with Crippen LogP contribution in [-0.4, -0.2) is 12.7 Å². The van der Waals surface area contributed by atoms with Gasteiger partial charge in [0.25, 0.3) is 0 Å². The average molecular weight is 264 g/mol. The van der Waals surface area contributed by atoms with E-state index < -0.39 is 0 Å². The maximum absolute atomic E-state index is 6.10. The average Bonchev–Trinajstić information content (AvgIpc) is 2.51. The lowest BCUT2D eigenvalue weighted by atomic mass is 9.55. The molecule has 1 aliphatic carbocycles. The molecule has 2 aromatic rings. The van der Waals surface area contributed by atoms with Crippen LogP contribution in [0.2, 0.25) is 0 Å². The zero-order valence-electron chi connectivity index (χ0n) is 11.6. The van der Waals surface area contributed by atoms with Gasteiger partial charge in [-0.05, 0) is 35.8 Å². The monoisotopic (exact) mass is 264 g/mol. The van der Waals surface area contributed by atoms with Gasteiger partial charge in [0.2, 0.25) is 0 Å². The van der Waals surface area contributed by atoms with Gasteiger partial charge in [-0.1, -0.05) is 60.7 Å². The summed E-state index contributed by atoms with van der Waals surface area (Å²) in [6, 6.07) is 21.9. The fourth-order valence-electron chi connectivity index (χ4n) is 4.11. The number of rotatable bonds is 2. The minimum absolute atomic E-state index is 0.427. The van der Waals surface area contributed by atoms with Crippen LogP contribution in [0.1, 0.15) is 35.8 Å². The molecular weight excluding hydrogens is 244 g/mol. The molecule has 4 atom stereocenters. The number of hydrogen-bond donors (Lipinski definition) is 0. The molecule has 0 radical (unpaired) electrons. The summed E-state index contributed by atoms with van der Waals surface area (Å²) in [6.07, 6.45) is 2.95. The molecule has 1 nitrogen and oxygen atoms in total. The van der Waals surface area contributed by atoms with E-state index in [-0.39, 0.29) is 0 Å². The topological polar surface area (TPSA) is 9.23 Å². The van der Waals surface area contributed by atoms with Gasteiger partial charge in [-0.2, -0.15) is 0 Å². The summed E-state index contributed by atoms with van der Waals surface area (Å²) < 4.78 is 6.10. The van der Waals surface area contributed by atoms with E-state index in [1.807, 2.05) is 0 Å². The zero-order chi connectivity index (χ0) is 13.4. The Morgan fingerprint density at radius 3 is 2.00 bits per heavy atom. The van der Waals surface area contributed by atoms with Gasteiger partial charge >= 0.3 is 0 Å². The molecule has 2 aliphatic rings. The lowest BCUT2D eigenvalue weighted by molar-refractivity contribution is -0.116. The van der Waals surface area contributed by atoms with E-state index in [4.69, 9.17) is 4.74 Å². The zero-order valence-corrected chi connectivity index (χ0v) is 11.6. The third-order valence-electron chi connectivity index (χ3n) is 4.99. The van der Waals surface area contributed by atoms with Crippen molar-refractivity contribution in [3.63, 3.8) is 0 Å². The molecule has 0 N–H and O–H groups in total. The Bertz CT molecular complexity index is 509. The van der Waals surface area contributed by atoms with E-state index in [0.717, 1.165) is 6.61 Å². The van der Waals surface area contributed by atoms with Crippen LogP contribution in [0.25, 0.3) is 0 Å². The van der Waals surface area contributed by atoms with Crippen LogP contribution in [0.3, 0.4) is 0 Å². The van der Waals surface area contributed by atoms with Crippen molar-refractivity contribution >= 4 is 0 Å². The first-order valence-corrected chi connectivity index (χ1v) is 7.66. The Hall–Kier alpha value is -1.60. The van der Waals surface area contributed by atoms with Gasteiger partial charge in [0, 0.05) is 12.5 Å². The van der Waals surface area contributed by atoms with Crippen molar-refractivity contribution in [3.8, 4) is 0 Å². The second kappa shape index (κ2) is 5.06. The van der Waals surface area contributed by atoms with Crippen molar-refractivity contribution in [2.75, 3.05) is 6.61 Å². The fraction of sp³-hybridized carbons (Fsp3) is 0.368. The lowest BCUT2D eigenvalue weighted by Gasteiger charge is -2.54. The molecule has 1 heteroatoms. The van der Waals surface area contributed by atoms with Crippen LogP contribution in [0.5, 0.6) is 0 Å². The van der Waals surface area contributed by atoms with Crippen LogP contribution in [0, 0.1) is 5.92 Å².